The average molecular weight is 215 g/mol. The van der Waals surface area contributed by atoms with Crippen LogP contribution in [0.4, 0.5) is 0 Å². The quantitative estimate of drug-likeness (QED) is 0.644. The van der Waals surface area contributed by atoms with E-state index in [-0.39, 0.29) is 4.75 Å². The summed E-state index contributed by atoms with van der Waals surface area (Å²) in [5, 5.41) is 0. The van der Waals surface area contributed by atoms with Gasteiger partial charge in [0.15, 0.2) is 11.1 Å². The van der Waals surface area contributed by atoms with Crippen LogP contribution in [0, 0.1) is 17.8 Å². The first-order chi connectivity index (χ1) is 6.61. The molecule has 0 aromatic rings. The zero-order valence-electron chi connectivity index (χ0n) is 8.19. The minimum Gasteiger partial charge on any atom is -0.327 e. The molecule has 0 aromatic heterocycles. The first kappa shape index (κ1) is 9.31. The van der Waals surface area contributed by atoms with Crippen molar-refractivity contribution in [2.75, 3.05) is 0 Å². The Kier molecular flexibility index (Phi) is 1.86. The molecule has 4 saturated carbocycles. The Labute approximate surface area is 86.7 Å². The molecule has 0 radical (unpaired) electrons. The molecule has 4 fully saturated rings. The first-order valence-electron chi connectivity index (χ1n) is 5.47. The van der Waals surface area contributed by atoms with Gasteiger partial charge >= 0.3 is 0 Å². The Balaban J connectivity index is 1.96. The van der Waals surface area contributed by atoms with E-state index < -0.39 is 11.1 Å². The Morgan fingerprint density at radius 1 is 1.21 bits per heavy atom. The largest absolute Gasteiger partial charge is 0.327 e. The van der Waals surface area contributed by atoms with Crippen LogP contribution >= 0.6 is 0 Å². The van der Waals surface area contributed by atoms with Crippen molar-refractivity contribution in [2.24, 2.45) is 23.5 Å². The molecule has 0 heterocycles. The van der Waals surface area contributed by atoms with Gasteiger partial charge in [-0.15, -0.1) is 0 Å². The molecule has 0 aromatic carbocycles. The lowest BCUT2D eigenvalue weighted by Crippen LogP contribution is -2.60. The maximum atomic E-state index is 11.4. The maximum Gasteiger partial charge on any atom is 0.159 e. The van der Waals surface area contributed by atoms with Crippen LogP contribution in [0.5, 0.6) is 0 Å². The van der Waals surface area contributed by atoms with Crippen LogP contribution in [-0.4, -0.2) is 19.6 Å². The van der Waals surface area contributed by atoms with Gasteiger partial charge in [-0.1, -0.05) is 0 Å². The van der Waals surface area contributed by atoms with Gasteiger partial charge in [-0.05, 0) is 49.9 Å². The lowest BCUT2D eigenvalue weighted by molar-refractivity contribution is 0.0131. The van der Waals surface area contributed by atoms with Crippen LogP contribution < -0.4 is 5.73 Å². The molecule has 4 aliphatic carbocycles. The van der Waals surface area contributed by atoms with Crippen molar-refractivity contribution in [2.45, 2.75) is 42.9 Å². The van der Waals surface area contributed by atoms with Gasteiger partial charge in [0.1, 0.15) is 0 Å². The van der Waals surface area contributed by atoms with E-state index in [1.165, 1.54) is 12.8 Å². The molecule has 3 nitrogen and oxygen atoms in total. The fourth-order valence-electron chi connectivity index (χ4n) is 4.20. The Bertz CT molecular complexity index is 278. The molecule has 0 amide bonds. The maximum absolute atomic E-state index is 11.4. The molecule has 4 heteroatoms. The Morgan fingerprint density at radius 2 is 1.79 bits per heavy atom. The molecule has 0 spiro atoms. The van der Waals surface area contributed by atoms with Crippen molar-refractivity contribution in [1.29, 1.82) is 0 Å². The van der Waals surface area contributed by atoms with Crippen molar-refractivity contribution in [3.8, 4) is 0 Å². The molecule has 4 bridgehead atoms. The first-order valence-corrected chi connectivity index (χ1v) is 6.58. The van der Waals surface area contributed by atoms with E-state index in [0.29, 0.717) is 23.8 Å². The summed E-state index contributed by atoms with van der Waals surface area (Å²) < 4.78 is 20.6. The Morgan fingerprint density at radius 3 is 2.29 bits per heavy atom. The second-order valence-electron chi connectivity index (χ2n) is 5.48. The highest BCUT2D eigenvalue weighted by Crippen LogP contribution is 2.57. The molecule has 0 saturated heterocycles. The second kappa shape index (κ2) is 2.80. The molecule has 0 aliphatic heterocycles. The van der Waals surface area contributed by atoms with Gasteiger partial charge in [-0.25, -0.2) is 4.21 Å². The number of rotatable bonds is 1. The summed E-state index contributed by atoms with van der Waals surface area (Å²) in [7, 11) is 0. The normalized spacial score (nSPS) is 57.6. The van der Waals surface area contributed by atoms with Crippen molar-refractivity contribution >= 4 is 11.1 Å². The third-order valence-corrected chi connectivity index (χ3v) is 5.90. The third-order valence-electron chi connectivity index (χ3n) is 4.66. The minimum absolute atomic E-state index is 0.271. The molecule has 3 unspecified atom stereocenters. The van der Waals surface area contributed by atoms with Crippen molar-refractivity contribution in [3.63, 3.8) is 0 Å². The summed E-state index contributed by atoms with van der Waals surface area (Å²) in [4.78, 5) is 0. The highest BCUT2D eigenvalue weighted by atomic mass is 32.2. The summed E-state index contributed by atoms with van der Waals surface area (Å²) in [6, 6.07) is 0.309. The summed E-state index contributed by atoms with van der Waals surface area (Å²) in [5.41, 5.74) is 6.15. The topological polar surface area (TPSA) is 63.3 Å². The van der Waals surface area contributed by atoms with Crippen LogP contribution in [0.15, 0.2) is 0 Å². The van der Waals surface area contributed by atoms with Gasteiger partial charge in [-0.3, -0.25) is 0 Å². The van der Waals surface area contributed by atoms with E-state index >= 15 is 0 Å². The van der Waals surface area contributed by atoms with E-state index in [1.807, 2.05) is 0 Å². The number of hydrogen-bond acceptors (Lipinski definition) is 2. The average Bonchev–Trinajstić information content (AvgIpc) is 2.12. The number of hydrogen-bond donors (Lipinski definition) is 2. The van der Waals surface area contributed by atoms with Crippen LogP contribution in [0.25, 0.3) is 0 Å². The lowest BCUT2D eigenvalue weighted by Gasteiger charge is -2.57. The van der Waals surface area contributed by atoms with Crippen LogP contribution in [0.1, 0.15) is 32.1 Å². The lowest BCUT2D eigenvalue weighted by atomic mass is 9.54. The smallest absolute Gasteiger partial charge is 0.159 e. The summed E-state index contributed by atoms with van der Waals surface area (Å²) >= 11 is -1.64. The predicted octanol–water partition coefficient (Wildman–Crippen LogP) is 1.11. The van der Waals surface area contributed by atoms with Gasteiger partial charge in [-0.2, -0.15) is 0 Å². The fraction of sp³-hybridized carbons (Fsp3) is 1.00. The highest BCUT2D eigenvalue weighted by Gasteiger charge is 2.57. The summed E-state index contributed by atoms with van der Waals surface area (Å²) in [6.45, 7) is 0. The molecular weight excluding hydrogens is 198 g/mol. The second-order valence-corrected chi connectivity index (χ2v) is 6.84. The van der Waals surface area contributed by atoms with Gasteiger partial charge < -0.3 is 10.3 Å². The molecule has 14 heavy (non-hydrogen) atoms. The molecule has 4 aliphatic rings. The zero-order valence-corrected chi connectivity index (χ0v) is 9.00. The van der Waals surface area contributed by atoms with E-state index in [9.17, 15) is 8.76 Å². The van der Waals surface area contributed by atoms with Crippen LogP contribution in [0.3, 0.4) is 0 Å². The van der Waals surface area contributed by atoms with Crippen molar-refractivity contribution in [1.82, 2.24) is 0 Å². The summed E-state index contributed by atoms with van der Waals surface area (Å²) in [5.74, 6) is 1.73. The van der Waals surface area contributed by atoms with E-state index in [1.54, 1.807) is 0 Å². The van der Waals surface area contributed by atoms with Crippen LogP contribution in [-0.2, 0) is 11.1 Å². The van der Waals surface area contributed by atoms with Gasteiger partial charge in [0.05, 0.1) is 4.75 Å². The van der Waals surface area contributed by atoms with E-state index in [0.717, 1.165) is 19.3 Å². The predicted molar refractivity (Wildman–Crippen MR) is 55.0 cm³/mol. The molecule has 3 atom stereocenters. The van der Waals surface area contributed by atoms with Gasteiger partial charge in [0, 0.05) is 6.04 Å². The standard InChI is InChI=1S/C10H17NO2S/c11-9-7-1-6-2-8(9)5-10(3-6,4-7)14(12)13/h6-9H,1-5,11H2,(H,12,13). The Hall–Kier alpha value is 0.0700. The van der Waals surface area contributed by atoms with Crippen LogP contribution in [0.2, 0.25) is 0 Å². The van der Waals surface area contributed by atoms with Crippen molar-refractivity contribution < 1.29 is 8.76 Å². The van der Waals surface area contributed by atoms with E-state index in [2.05, 4.69) is 0 Å². The minimum atomic E-state index is -1.64. The molecular formula is C10H17NO2S. The molecule has 80 valence electrons. The third kappa shape index (κ3) is 1.08. The van der Waals surface area contributed by atoms with E-state index in [4.69, 9.17) is 5.73 Å². The number of nitrogens with two attached hydrogens (primary N) is 1. The monoisotopic (exact) mass is 215 g/mol. The molecule has 3 N–H and O–H groups in total. The fourth-order valence-corrected chi connectivity index (χ4v) is 5.29. The van der Waals surface area contributed by atoms with Gasteiger partial charge in [0.2, 0.25) is 0 Å². The highest BCUT2D eigenvalue weighted by molar-refractivity contribution is 7.80. The molecule has 4 rings (SSSR count). The van der Waals surface area contributed by atoms with Crippen molar-refractivity contribution in [3.05, 3.63) is 0 Å². The zero-order chi connectivity index (χ0) is 9.92. The van der Waals surface area contributed by atoms with Gasteiger partial charge in [0.25, 0.3) is 0 Å². The summed E-state index contributed by atoms with van der Waals surface area (Å²) in [6.07, 6.45) is 5.16. The SMILES string of the molecule is NC1C2CC3CC1CC(S(=O)O)(C3)C2.